The van der Waals surface area contributed by atoms with E-state index in [1.165, 1.54) is 7.11 Å². The fourth-order valence-electron chi connectivity index (χ4n) is 1.61. The van der Waals surface area contributed by atoms with Crippen LogP contribution in [-0.4, -0.2) is 18.0 Å². The SMILES string of the molecule is COC1=C(O)C(=O)C(C)(C)C1(C)C. The summed E-state index contributed by atoms with van der Waals surface area (Å²) in [4.78, 5) is 11.6. The van der Waals surface area contributed by atoms with E-state index in [1.807, 2.05) is 27.7 Å². The Hall–Kier alpha value is -0.990. The molecule has 0 amide bonds. The lowest BCUT2D eigenvalue weighted by Gasteiger charge is -2.33. The van der Waals surface area contributed by atoms with Gasteiger partial charge in [0.25, 0.3) is 0 Å². The second kappa shape index (κ2) is 2.50. The molecule has 0 saturated heterocycles. The second-order valence-electron chi connectivity index (χ2n) is 4.46. The van der Waals surface area contributed by atoms with Gasteiger partial charge in [0.2, 0.25) is 5.78 Å². The Morgan fingerprint density at radius 2 is 1.62 bits per heavy atom. The molecule has 3 heteroatoms. The minimum atomic E-state index is -0.595. The van der Waals surface area contributed by atoms with Crippen LogP contribution in [0, 0.1) is 10.8 Å². The van der Waals surface area contributed by atoms with Crippen LogP contribution in [0.1, 0.15) is 27.7 Å². The van der Waals surface area contributed by atoms with Crippen LogP contribution >= 0.6 is 0 Å². The Kier molecular flexibility index (Phi) is 1.94. The van der Waals surface area contributed by atoms with Gasteiger partial charge in [0.1, 0.15) is 5.76 Å². The van der Waals surface area contributed by atoms with Crippen molar-refractivity contribution in [2.24, 2.45) is 10.8 Å². The quantitative estimate of drug-likeness (QED) is 0.678. The van der Waals surface area contributed by atoms with Gasteiger partial charge in [-0.15, -0.1) is 0 Å². The van der Waals surface area contributed by atoms with Crippen molar-refractivity contribution in [2.75, 3.05) is 7.11 Å². The zero-order chi connectivity index (χ0) is 10.4. The smallest absolute Gasteiger partial charge is 0.207 e. The number of ether oxygens (including phenoxy) is 1. The molecule has 0 aromatic rings. The van der Waals surface area contributed by atoms with Gasteiger partial charge >= 0.3 is 0 Å². The van der Waals surface area contributed by atoms with E-state index in [-0.39, 0.29) is 11.5 Å². The van der Waals surface area contributed by atoms with E-state index in [0.717, 1.165) is 0 Å². The average molecular weight is 184 g/mol. The molecule has 1 aliphatic carbocycles. The summed E-state index contributed by atoms with van der Waals surface area (Å²) < 4.78 is 5.05. The first-order valence-electron chi connectivity index (χ1n) is 4.29. The van der Waals surface area contributed by atoms with Crippen LogP contribution in [0.3, 0.4) is 0 Å². The minimum absolute atomic E-state index is 0.225. The molecule has 0 aliphatic heterocycles. The van der Waals surface area contributed by atoms with Crippen LogP contribution in [0.25, 0.3) is 0 Å². The number of hydrogen-bond donors (Lipinski definition) is 1. The Bertz CT molecular complexity index is 285. The first kappa shape index (κ1) is 10.1. The summed E-state index contributed by atoms with van der Waals surface area (Å²) in [7, 11) is 1.47. The van der Waals surface area contributed by atoms with Gasteiger partial charge in [0.15, 0.2) is 5.76 Å². The molecular formula is C10H16O3. The molecule has 0 fully saturated rings. The van der Waals surface area contributed by atoms with Crippen molar-refractivity contribution < 1.29 is 14.6 Å². The molecule has 0 saturated carbocycles. The molecule has 3 nitrogen and oxygen atoms in total. The Morgan fingerprint density at radius 3 is 1.77 bits per heavy atom. The van der Waals surface area contributed by atoms with E-state index in [0.29, 0.717) is 5.76 Å². The van der Waals surface area contributed by atoms with Gasteiger partial charge in [-0.3, -0.25) is 4.79 Å². The number of aliphatic hydroxyl groups excluding tert-OH is 1. The molecule has 0 aromatic carbocycles. The third kappa shape index (κ3) is 0.992. The van der Waals surface area contributed by atoms with Gasteiger partial charge in [-0.05, 0) is 0 Å². The fraction of sp³-hybridized carbons (Fsp3) is 0.700. The van der Waals surface area contributed by atoms with E-state index in [4.69, 9.17) is 4.74 Å². The number of methoxy groups -OCH3 is 1. The monoisotopic (exact) mass is 184 g/mol. The van der Waals surface area contributed by atoms with E-state index in [2.05, 4.69) is 0 Å². The topological polar surface area (TPSA) is 46.5 Å². The molecule has 0 heterocycles. The number of allylic oxidation sites excluding steroid dienone is 2. The lowest BCUT2D eigenvalue weighted by atomic mass is 9.69. The minimum Gasteiger partial charge on any atom is -0.502 e. The summed E-state index contributed by atoms with van der Waals surface area (Å²) in [5.74, 6) is -0.0747. The van der Waals surface area contributed by atoms with Gasteiger partial charge in [-0.1, -0.05) is 27.7 Å². The number of hydrogen-bond acceptors (Lipinski definition) is 3. The first-order valence-corrected chi connectivity index (χ1v) is 4.29. The molecule has 0 unspecified atom stereocenters. The Labute approximate surface area is 78.4 Å². The molecule has 1 N–H and O–H groups in total. The van der Waals surface area contributed by atoms with Gasteiger partial charge in [0, 0.05) is 10.8 Å². The second-order valence-corrected chi connectivity index (χ2v) is 4.46. The lowest BCUT2D eigenvalue weighted by Crippen LogP contribution is -2.35. The molecule has 1 aliphatic rings. The largest absolute Gasteiger partial charge is 0.502 e. The van der Waals surface area contributed by atoms with Crippen molar-refractivity contribution >= 4 is 5.78 Å². The highest BCUT2D eigenvalue weighted by Crippen LogP contribution is 2.52. The third-order valence-corrected chi connectivity index (χ3v) is 3.33. The summed E-state index contributed by atoms with van der Waals surface area (Å²) in [6.45, 7) is 7.43. The third-order valence-electron chi connectivity index (χ3n) is 3.33. The number of ketones is 1. The molecule has 0 atom stereocenters. The van der Waals surface area contributed by atoms with E-state index in [9.17, 15) is 9.90 Å². The van der Waals surface area contributed by atoms with E-state index in [1.54, 1.807) is 0 Å². The van der Waals surface area contributed by atoms with Crippen LogP contribution in [-0.2, 0) is 9.53 Å². The van der Waals surface area contributed by atoms with Gasteiger partial charge < -0.3 is 9.84 Å². The van der Waals surface area contributed by atoms with Crippen LogP contribution in [0.5, 0.6) is 0 Å². The maximum Gasteiger partial charge on any atom is 0.207 e. The summed E-state index contributed by atoms with van der Waals surface area (Å²) in [6, 6.07) is 0. The summed E-state index contributed by atoms with van der Waals surface area (Å²) >= 11 is 0. The maximum absolute atomic E-state index is 11.6. The van der Waals surface area contributed by atoms with Crippen LogP contribution in [0.15, 0.2) is 11.5 Å². The number of Topliss-reactive ketones (excluding diaryl/α,β-unsaturated/α-hetero) is 1. The van der Waals surface area contributed by atoms with Gasteiger partial charge in [-0.2, -0.15) is 0 Å². The zero-order valence-electron chi connectivity index (χ0n) is 8.76. The number of carbonyl (C=O) groups is 1. The normalized spacial score (nSPS) is 25.2. The maximum atomic E-state index is 11.6. The predicted octanol–water partition coefficient (Wildman–Crippen LogP) is 2.04. The highest BCUT2D eigenvalue weighted by Gasteiger charge is 2.55. The summed E-state index contributed by atoms with van der Waals surface area (Å²) in [5, 5.41) is 9.53. The van der Waals surface area contributed by atoms with Crippen molar-refractivity contribution in [1.29, 1.82) is 0 Å². The zero-order valence-corrected chi connectivity index (χ0v) is 8.76. The van der Waals surface area contributed by atoms with Crippen molar-refractivity contribution in [3.05, 3.63) is 11.5 Å². The summed E-state index contributed by atoms with van der Waals surface area (Å²) in [6.07, 6.45) is 0. The Morgan fingerprint density at radius 1 is 1.15 bits per heavy atom. The Balaban J connectivity index is 3.31. The van der Waals surface area contributed by atoms with Crippen molar-refractivity contribution in [3.8, 4) is 0 Å². The van der Waals surface area contributed by atoms with Crippen LogP contribution in [0.4, 0.5) is 0 Å². The van der Waals surface area contributed by atoms with Gasteiger partial charge in [0.05, 0.1) is 7.11 Å². The fourth-order valence-corrected chi connectivity index (χ4v) is 1.61. The average Bonchev–Trinajstić information content (AvgIpc) is 2.12. The molecule has 0 spiro atoms. The number of carbonyl (C=O) groups excluding carboxylic acids is 1. The predicted molar refractivity (Wildman–Crippen MR) is 49.2 cm³/mol. The van der Waals surface area contributed by atoms with Crippen molar-refractivity contribution in [3.63, 3.8) is 0 Å². The highest BCUT2D eigenvalue weighted by atomic mass is 16.5. The molecule has 74 valence electrons. The van der Waals surface area contributed by atoms with Gasteiger partial charge in [-0.25, -0.2) is 0 Å². The molecule has 13 heavy (non-hydrogen) atoms. The van der Waals surface area contributed by atoms with Crippen molar-refractivity contribution in [2.45, 2.75) is 27.7 Å². The van der Waals surface area contributed by atoms with E-state index >= 15 is 0 Å². The standard InChI is InChI=1S/C10H16O3/c1-9(2)7(12)6(11)8(13-5)10(9,3)4/h11H,1-5H3. The first-order chi connectivity index (χ1) is 5.76. The number of rotatable bonds is 1. The molecule has 1 rings (SSSR count). The summed E-state index contributed by atoms with van der Waals surface area (Å²) in [5.41, 5.74) is -1.04. The molecular weight excluding hydrogens is 168 g/mol. The van der Waals surface area contributed by atoms with Crippen LogP contribution < -0.4 is 0 Å². The number of aliphatic hydroxyl groups is 1. The molecule has 0 radical (unpaired) electrons. The van der Waals surface area contributed by atoms with Crippen LogP contribution in [0.2, 0.25) is 0 Å². The van der Waals surface area contributed by atoms with Crippen molar-refractivity contribution in [1.82, 2.24) is 0 Å². The highest BCUT2D eigenvalue weighted by molar-refractivity contribution is 6.01. The lowest BCUT2D eigenvalue weighted by molar-refractivity contribution is -0.127. The molecule has 0 bridgehead atoms. The molecule has 0 aromatic heterocycles. The van der Waals surface area contributed by atoms with E-state index < -0.39 is 10.8 Å².